The summed E-state index contributed by atoms with van der Waals surface area (Å²) in [6.45, 7) is 4.15. The molecule has 3 nitrogen and oxygen atoms in total. The Kier molecular flexibility index (Phi) is 5.29. The summed E-state index contributed by atoms with van der Waals surface area (Å²) in [5.41, 5.74) is 6.04. The highest BCUT2D eigenvalue weighted by Crippen LogP contribution is 2.39. The number of hydrogen-bond acceptors (Lipinski definition) is 3. The molecule has 0 unspecified atom stereocenters. The van der Waals surface area contributed by atoms with E-state index in [1.807, 2.05) is 42.5 Å². The predicted molar refractivity (Wildman–Crippen MR) is 134 cm³/mol. The lowest BCUT2D eigenvalue weighted by molar-refractivity contribution is 0.102. The summed E-state index contributed by atoms with van der Waals surface area (Å²) in [6, 6.07) is 30.5. The van der Waals surface area contributed by atoms with Crippen molar-refractivity contribution in [2.24, 2.45) is 0 Å². The molecule has 0 atom stereocenters. The predicted octanol–water partition coefficient (Wildman–Crippen LogP) is 7.50. The van der Waals surface area contributed by atoms with Crippen LogP contribution in [-0.4, -0.2) is 10.9 Å². The molecule has 0 aliphatic rings. The van der Waals surface area contributed by atoms with Crippen molar-refractivity contribution in [3.8, 4) is 21.7 Å². The molecule has 0 spiro atoms. The number of rotatable bonds is 4. The van der Waals surface area contributed by atoms with Gasteiger partial charge in [0.05, 0.1) is 10.6 Å². The van der Waals surface area contributed by atoms with E-state index < -0.39 is 0 Å². The molecule has 0 saturated carbocycles. The van der Waals surface area contributed by atoms with Crippen LogP contribution in [0.1, 0.15) is 21.5 Å². The van der Waals surface area contributed by atoms with Crippen LogP contribution in [0.2, 0.25) is 0 Å². The van der Waals surface area contributed by atoms with Crippen LogP contribution in [0.3, 0.4) is 0 Å². The van der Waals surface area contributed by atoms with Crippen molar-refractivity contribution in [3.63, 3.8) is 0 Å². The monoisotopic (exact) mass is 434 g/mol. The summed E-state index contributed by atoms with van der Waals surface area (Å²) in [5.74, 6) is -0.157. The zero-order valence-corrected chi connectivity index (χ0v) is 18.7. The van der Waals surface area contributed by atoms with Crippen LogP contribution in [0.5, 0.6) is 0 Å². The van der Waals surface area contributed by atoms with Crippen LogP contribution >= 0.6 is 11.3 Å². The first-order chi connectivity index (χ1) is 15.6. The van der Waals surface area contributed by atoms with E-state index in [1.54, 1.807) is 0 Å². The number of nitrogens with one attached hydrogen (secondary N) is 1. The summed E-state index contributed by atoms with van der Waals surface area (Å²) in [5, 5.41) is 5.76. The molecule has 1 N–H and O–H groups in total. The van der Waals surface area contributed by atoms with E-state index in [0.717, 1.165) is 32.5 Å². The smallest absolute Gasteiger partial charge is 0.257 e. The third-order valence-electron chi connectivity index (χ3n) is 5.50. The zero-order valence-electron chi connectivity index (χ0n) is 17.9. The molecule has 0 aliphatic heterocycles. The van der Waals surface area contributed by atoms with E-state index in [0.29, 0.717) is 10.7 Å². The standard InChI is InChI=1S/C28H22N2OS/c1-18-7-11-21(12-8-18)25-26(22-13-9-19(2)10-14-22)32-28(29-25)30-27(31)24-16-15-20-5-3-4-6-23(20)17-24/h3-17H,1-2H3,(H,29,30,31). The zero-order chi connectivity index (χ0) is 22.1. The third kappa shape index (κ3) is 4.05. The van der Waals surface area contributed by atoms with Gasteiger partial charge in [-0.05, 0) is 42.3 Å². The fourth-order valence-corrected chi connectivity index (χ4v) is 4.67. The number of aryl methyl sites for hydroxylation is 2. The number of aromatic nitrogens is 1. The average Bonchev–Trinajstić information content (AvgIpc) is 3.23. The number of carbonyl (C=O) groups excluding carboxylic acids is 1. The highest BCUT2D eigenvalue weighted by atomic mass is 32.1. The van der Waals surface area contributed by atoms with Crippen molar-refractivity contribution in [2.75, 3.05) is 5.32 Å². The Hall–Kier alpha value is -3.76. The van der Waals surface area contributed by atoms with E-state index in [-0.39, 0.29) is 5.91 Å². The van der Waals surface area contributed by atoms with Gasteiger partial charge >= 0.3 is 0 Å². The molecule has 0 bridgehead atoms. The molecular weight excluding hydrogens is 412 g/mol. The fraction of sp³-hybridized carbons (Fsp3) is 0.0714. The van der Waals surface area contributed by atoms with Gasteiger partial charge in [0.25, 0.3) is 5.91 Å². The maximum atomic E-state index is 13.0. The normalized spacial score (nSPS) is 10.9. The summed E-state index contributed by atoms with van der Waals surface area (Å²) < 4.78 is 0. The minimum absolute atomic E-state index is 0.157. The number of benzene rings is 4. The number of nitrogens with zero attached hydrogens (tertiary/aromatic N) is 1. The van der Waals surface area contributed by atoms with Gasteiger partial charge in [-0.2, -0.15) is 0 Å². The molecule has 1 amide bonds. The lowest BCUT2D eigenvalue weighted by Gasteiger charge is -2.04. The van der Waals surface area contributed by atoms with Crippen molar-refractivity contribution >= 4 is 33.1 Å². The topological polar surface area (TPSA) is 42.0 Å². The van der Waals surface area contributed by atoms with Crippen molar-refractivity contribution in [1.82, 2.24) is 4.98 Å². The molecule has 1 heterocycles. The second-order valence-electron chi connectivity index (χ2n) is 7.94. The largest absolute Gasteiger partial charge is 0.298 e. The lowest BCUT2D eigenvalue weighted by Crippen LogP contribution is -2.11. The van der Waals surface area contributed by atoms with Crippen LogP contribution in [0.4, 0.5) is 5.13 Å². The van der Waals surface area contributed by atoms with Gasteiger partial charge in [0, 0.05) is 11.1 Å². The first-order valence-corrected chi connectivity index (χ1v) is 11.3. The molecule has 5 rings (SSSR count). The SMILES string of the molecule is Cc1ccc(-c2nc(NC(=O)c3ccc4ccccc4c3)sc2-c2ccc(C)cc2)cc1. The molecule has 156 valence electrons. The molecule has 0 aliphatic carbocycles. The van der Waals surface area contributed by atoms with Gasteiger partial charge in [-0.3, -0.25) is 10.1 Å². The first-order valence-electron chi connectivity index (χ1n) is 10.5. The van der Waals surface area contributed by atoms with Crippen molar-refractivity contribution in [2.45, 2.75) is 13.8 Å². The molecule has 0 radical (unpaired) electrons. The Balaban J connectivity index is 1.52. The highest BCUT2D eigenvalue weighted by Gasteiger charge is 2.17. The fourth-order valence-electron chi connectivity index (χ4n) is 3.68. The number of fused-ring (bicyclic) bond motifs is 1. The van der Waals surface area contributed by atoms with E-state index in [4.69, 9.17) is 4.98 Å². The molecule has 1 aromatic heterocycles. The van der Waals surface area contributed by atoms with E-state index in [2.05, 4.69) is 67.7 Å². The number of amides is 1. The highest BCUT2D eigenvalue weighted by molar-refractivity contribution is 7.19. The van der Waals surface area contributed by atoms with Gasteiger partial charge in [-0.1, -0.05) is 101 Å². The number of anilines is 1. The second kappa shape index (κ2) is 8.40. The van der Waals surface area contributed by atoms with Crippen LogP contribution < -0.4 is 5.32 Å². The molecule has 32 heavy (non-hydrogen) atoms. The number of carbonyl (C=O) groups is 1. The molecule has 4 heteroatoms. The van der Waals surface area contributed by atoms with Crippen molar-refractivity contribution in [1.29, 1.82) is 0 Å². The number of thiazole rings is 1. The Morgan fingerprint density at radius 2 is 1.38 bits per heavy atom. The third-order valence-corrected chi connectivity index (χ3v) is 6.52. The minimum Gasteiger partial charge on any atom is -0.298 e. The number of hydrogen-bond donors (Lipinski definition) is 1. The molecule has 5 aromatic rings. The van der Waals surface area contributed by atoms with Gasteiger partial charge in [-0.25, -0.2) is 4.98 Å². The van der Waals surface area contributed by atoms with Crippen LogP contribution in [0.15, 0.2) is 91.0 Å². The van der Waals surface area contributed by atoms with Gasteiger partial charge in [0.1, 0.15) is 0 Å². The van der Waals surface area contributed by atoms with Gasteiger partial charge in [-0.15, -0.1) is 0 Å². The van der Waals surface area contributed by atoms with E-state index in [9.17, 15) is 4.79 Å². The second-order valence-corrected chi connectivity index (χ2v) is 8.94. The first kappa shape index (κ1) is 20.2. The van der Waals surface area contributed by atoms with Gasteiger partial charge in [0.15, 0.2) is 5.13 Å². The maximum Gasteiger partial charge on any atom is 0.257 e. The summed E-state index contributed by atoms with van der Waals surface area (Å²) >= 11 is 1.50. The van der Waals surface area contributed by atoms with Crippen LogP contribution in [-0.2, 0) is 0 Å². The van der Waals surface area contributed by atoms with Gasteiger partial charge < -0.3 is 0 Å². The van der Waals surface area contributed by atoms with E-state index >= 15 is 0 Å². The van der Waals surface area contributed by atoms with Crippen molar-refractivity contribution < 1.29 is 4.79 Å². The summed E-state index contributed by atoms with van der Waals surface area (Å²) in [4.78, 5) is 18.9. The quantitative estimate of drug-likeness (QED) is 0.318. The van der Waals surface area contributed by atoms with Gasteiger partial charge in [0.2, 0.25) is 0 Å². The Morgan fingerprint density at radius 3 is 2.06 bits per heavy atom. The lowest BCUT2D eigenvalue weighted by atomic mass is 10.0. The molecular formula is C28H22N2OS. The molecule has 0 saturated heterocycles. The Bertz CT molecular complexity index is 1350. The van der Waals surface area contributed by atoms with Crippen molar-refractivity contribution in [3.05, 3.63) is 108 Å². The minimum atomic E-state index is -0.157. The van der Waals surface area contributed by atoms with Crippen LogP contribution in [0.25, 0.3) is 32.5 Å². The summed E-state index contributed by atoms with van der Waals surface area (Å²) in [7, 11) is 0. The maximum absolute atomic E-state index is 13.0. The Labute approximate surface area is 191 Å². The molecule has 0 fully saturated rings. The average molecular weight is 435 g/mol. The van der Waals surface area contributed by atoms with Crippen LogP contribution in [0, 0.1) is 13.8 Å². The Morgan fingerprint density at radius 1 is 0.750 bits per heavy atom. The summed E-state index contributed by atoms with van der Waals surface area (Å²) in [6.07, 6.45) is 0. The van der Waals surface area contributed by atoms with E-state index in [1.165, 1.54) is 22.5 Å². The molecule has 4 aromatic carbocycles.